The summed E-state index contributed by atoms with van der Waals surface area (Å²) in [5, 5.41) is 4.58. The summed E-state index contributed by atoms with van der Waals surface area (Å²) in [6, 6.07) is 0. The Labute approximate surface area is 137 Å². The second kappa shape index (κ2) is 6.80. The molecule has 1 aromatic heterocycles. The van der Waals surface area contributed by atoms with Gasteiger partial charge in [0.15, 0.2) is 0 Å². The summed E-state index contributed by atoms with van der Waals surface area (Å²) < 4.78 is 3.32. The Balaban J connectivity index is 2.27. The van der Waals surface area contributed by atoms with Gasteiger partial charge in [0.1, 0.15) is 0 Å². The van der Waals surface area contributed by atoms with Crippen LogP contribution in [-0.2, 0) is 6.54 Å². The molecule has 120 valence electrons. The summed E-state index contributed by atoms with van der Waals surface area (Å²) in [5.74, 6) is 1.09. The van der Waals surface area contributed by atoms with Gasteiger partial charge in [-0.1, -0.05) is 13.8 Å². The summed E-state index contributed by atoms with van der Waals surface area (Å²) in [6.07, 6.45) is 5.63. The summed E-state index contributed by atoms with van der Waals surface area (Å²) in [6.45, 7) is 7.46. The monoisotopic (exact) mass is 356 g/mol. The highest BCUT2D eigenvalue weighted by molar-refractivity contribution is 9.10. The lowest BCUT2D eigenvalue weighted by atomic mass is 9.66. The predicted octanol–water partition coefficient (Wildman–Crippen LogP) is 3.08. The van der Waals surface area contributed by atoms with E-state index in [4.69, 9.17) is 5.73 Å². The lowest BCUT2D eigenvalue weighted by Gasteiger charge is -2.40. The molecule has 1 heterocycles. The largest absolute Gasteiger partial charge is 0.330 e. The lowest BCUT2D eigenvalue weighted by Crippen LogP contribution is -2.34. The quantitative estimate of drug-likeness (QED) is 0.881. The fourth-order valence-corrected chi connectivity index (χ4v) is 4.05. The van der Waals surface area contributed by atoms with Crippen LogP contribution in [0.15, 0.2) is 10.7 Å². The van der Waals surface area contributed by atoms with E-state index in [1.54, 1.807) is 0 Å². The molecule has 0 spiro atoms. The highest BCUT2D eigenvalue weighted by Crippen LogP contribution is 2.47. The fourth-order valence-electron chi connectivity index (χ4n) is 3.46. The van der Waals surface area contributed by atoms with Crippen molar-refractivity contribution in [3.8, 4) is 0 Å². The van der Waals surface area contributed by atoms with Crippen LogP contribution in [0.5, 0.6) is 0 Å². The molecule has 2 unspecified atom stereocenters. The molecule has 0 aliphatic heterocycles. The number of halogens is 1. The van der Waals surface area contributed by atoms with E-state index < -0.39 is 0 Å². The van der Waals surface area contributed by atoms with Crippen molar-refractivity contribution in [1.29, 1.82) is 0 Å². The molecular weight excluding hydrogens is 328 g/mol. The molecule has 1 aliphatic rings. The Bertz CT molecular complexity index is 467. The van der Waals surface area contributed by atoms with E-state index in [-0.39, 0.29) is 0 Å². The summed E-state index contributed by atoms with van der Waals surface area (Å²) in [4.78, 5) is 2.20. The SMILES string of the molecule is CN(C)CCn1ncc(Br)c1C1CC(C)(C)CCC1CN. The van der Waals surface area contributed by atoms with Crippen LogP contribution in [0.1, 0.15) is 44.7 Å². The van der Waals surface area contributed by atoms with Gasteiger partial charge in [-0.3, -0.25) is 4.68 Å². The molecule has 0 bridgehead atoms. The zero-order valence-corrected chi connectivity index (χ0v) is 15.4. The third-order valence-corrected chi connectivity index (χ3v) is 5.39. The van der Waals surface area contributed by atoms with E-state index in [1.807, 2.05) is 6.20 Å². The molecular formula is C16H29BrN4. The van der Waals surface area contributed by atoms with E-state index in [0.29, 0.717) is 17.3 Å². The van der Waals surface area contributed by atoms with Crippen LogP contribution in [-0.4, -0.2) is 41.9 Å². The van der Waals surface area contributed by atoms with Crippen LogP contribution in [0.4, 0.5) is 0 Å². The van der Waals surface area contributed by atoms with Gasteiger partial charge >= 0.3 is 0 Å². The Morgan fingerprint density at radius 1 is 1.48 bits per heavy atom. The normalized spacial score (nSPS) is 25.5. The Kier molecular flexibility index (Phi) is 5.49. The van der Waals surface area contributed by atoms with Crippen molar-refractivity contribution in [1.82, 2.24) is 14.7 Å². The second-order valence-electron chi connectivity index (χ2n) is 7.41. The molecule has 1 aromatic rings. The van der Waals surface area contributed by atoms with Crippen molar-refractivity contribution >= 4 is 15.9 Å². The van der Waals surface area contributed by atoms with Crippen molar-refractivity contribution in [3.63, 3.8) is 0 Å². The summed E-state index contributed by atoms with van der Waals surface area (Å²) >= 11 is 3.72. The zero-order chi connectivity index (χ0) is 15.6. The molecule has 2 N–H and O–H groups in total. The first-order valence-electron chi connectivity index (χ1n) is 7.90. The number of rotatable bonds is 5. The van der Waals surface area contributed by atoms with Gasteiger partial charge in [0, 0.05) is 12.5 Å². The molecule has 0 saturated heterocycles. The number of nitrogens with two attached hydrogens (primary N) is 1. The number of likely N-dealkylation sites (N-methyl/N-ethyl adjacent to an activating group) is 1. The third kappa shape index (κ3) is 4.08. The first kappa shape index (κ1) is 17.0. The average molecular weight is 357 g/mol. The Morgan fingerprint density at radius 3 is 2.81 bits per heavy atom. The van der Waals surface area contributed by atoms with Gasteiger partial charge < -0.3 is 10.6 Å². The van der Waals surface area contributed by atoms with Crippen LogP contribution in [0.2, 0.25) is 0 Å². The van der Waals surface area contributed by atoms with Crippen LogP contribution in [0.25, 0.3) is 0 Å². The minimum atomic E-state index is 0.395. The molecule has 5 heteroatoms. The number of hydrogen-bond acceptors (Lipinski definition) is 3. The average Bonchev–Trinajstić information content (AvgIpc) is 2.76. The lowest BCUT2D eigenvalue weighted by molar-refractivity contribution is 0.159. The standard InChI is InChI=1S/C16H29BrN4/c1-16(2)6-5-12(10-18)13(9-16)15-14(17)11-19-21(15)8-7-20(3)4/h11-13H,5-10,18H2,1-4H3. The van der Waals surface area contributed by atoms with E-state index in [1.165, 1.54) is 25.0 Å². The second-order valence-corrected chi connectivity index (χ2v) is 8.27. The first-order chi connectivity index (χ1) is 9.84. The maximum Gasteiger partial charge on any atom is 0.0635 e. The summed E-state index contributed by atoms with van der Waals surface area (Å²) in [5.41, 5.74) is 7.80. The smallest absolute Gasteiger partial charge is 0.0635 e. The van der Waals surface area contributed by atoms with Gasteiger partial charge in [-0.2, -0.15) is 5.10 Å². The van der Waals surface area contributed by atoms with Crippen LogP contribution in [0.3, 0.4) is 0 Å². The minimum Gasteiger partial charge on any atom is -0.330 e. The van der Waals surface area contributed by atoms with Crippen LogP contribution < -0.4 is 5.73 Å². The highest BCUT2D eigenvalue weighted by Gasteiger charge is 2.37. The van der Waals surface area contributed by atoms with E-state index in [2.05, 4.69) is 58.6 Å². The fraction of sp³-hybridized carbons (Fsp3) is 0.812. The van der Waals surface area contributed by atoms with E-state index >= 15 is 0 Å². The van der Waals surface area contributed by atoms with E-state index in [0.717, 1.165) is 24.1 Å². The van der Waals surface area contributed by atoms with Crippen molar-refractivity contribution in [2.24, 2.45) is 17.1 Å². The molecule has 0 amide bonds. The van der Waals surface area contributed by atoms with Crippen molar-refractivity contribution in [3.05, 3.63) is 16.4 Å². The molecule has 2 rings (SSSR count). The van der Waals surface area contributed by atoms with Gasteiger partial charge in [0.05, 0.1) is 22.9 Å². The van der Waals surface area contributed by atoms with Crippen molar-refractivity contribution in [2.75, 3.05) is 27.2 Å². The molecule has 1 saturated carbocycles. The molecule has 21 heavy (non-hydrogen) atoms. The number of nitrogens with zero attached hydrogens (tertiary/aromatic N) is 3. The van der Waals surface area contributed by atoms with Crippen LogP contribution in [0, 0.1) is 11.3 Å². The number of aromatic nitrogens is 2. The van der Waals surface area contributed by atoms with E-state index in [9.17, 15) is 0 Å². The van der Waals surface area contributed by atoms with Gasteiger partial charge in [0.25, 0.3) is 0 Å². The molecule has 1 aliphatic carbocycles. The molecule has 1 fully saturated rings. The highest BCUT2D eigenvalue weighted by atomic mass is 79.9. The Hall–Kier alpha value is -0.390. The van der Waals surface area contributed by atoms with Crippen molar-refractivity contribution in [2.45, 2.75) is 45.6 Å². The Morgan fingerprint density at radius 2 is 2.19 bits per heavy atom. The predicted molar refractivity (Wildman–Crippen MR) is 91.4 cm³/mol. The molecule has 2 atom stereocenters. The van der Waals surface area contributed by atoms with Gasteiger partial charge in [-0.15, -0.1) is 0 Å². The topological polar surface area (TPSA) is 47.1 Å². The number of hydrogen-bond donors (Lipinski definition) is 1. The minimum absolute atomic E-state index is 0.395. The molecule has 0 aromatic carbocycles. The molecule has 0 radical (unpaired) electrons. The zero-order valence-electron chi connectivity index (χ0n) is 13.8. The van der Waals surface area contributed by atoms with Gasteiger partial charge in [-0.05, 0) is 67.2 Å². The third-order valence-electron chi connectivity index (χ3n) is 4.78. The van der Waals surface area contributed by atoms with Crippen molar-refractivity contribution < 1.29 is 0 Å². The summed E-state index contributed by atoms with van der Waals surface area (Å²) in [7, 11) is 4.20. The van der Waals surface area contributed by atoms with Crippen LogP contribution >= 0.6 is 15.9 Å². The van der Waals surface area contributed by atoms with Gasteiger partial charge in [0.2, 0.25) is 0 Å². The first-order valence-corrected chi connectivity index (χ1v) is 8.69. The maximum absolute atomic E-state index is 6.06. The van der Waals surface area contributed by atoms with Gasteiger partial charge in [-0.25, -0.2) is 0 Å². The molecule has 4 nitrogen and oxygen atoms in total. The maximum atomic E-state index is 6.06.